The molecule has 0 aliphatic carbocycles. The number of nitro groups is 1. The maximum Gasteiger partial charge on any atom is 0.333 e. The summed E-state index contributed by atoms with van der Waals surface area (Å²) in [5.41, 5.74) is -0.820. The Kier molecular flexibility index (Phi) is 7.32. The minimum Gasteiger partial charge on any atom is -0.414 e. The van der Waals surface area contributed by atoms with Crippen LogP contribution in [0.3, 0.4) is 0 Å². The maximum atomic E-state index is 13.2. The molecule has 1 aliphatic heterocycles. The number of para-hydroxylation sites is 1. The monoisotopic (exact) mass is 491 g/mol. The largest absolute Gasteiger partial charge is 0.414 e. The van der Waals surface area contributed by atoms with E-state index in [0.29, 0.717) is 0 Å². The molecule has 1 saturated heterocycles. The van der Waals surface area contributed by atoms with Gasteiger partial charge >= 0.3 is 5.69 Å². The first-order valence-electron chi connectivity index (χ1n) is 11.3. The number of hydrogen-bond donors (Lipinski definition) is 1. The Balaban J connectivity index is 1.88. The lowest BCUT2D eigenvalue weighted by Gasteiger charge is -2.37. The first-order valence-corrected chi connectivity index (χ1v) is 14.2. The van der Waals surface area contributed by atoms with Crippen LogP contribution in [0.25, 0.3) is 0 Å². The number of aliphatic hydroxyl groups is 1. The van der Waals surface area contributed by atoms with Gasteiger partial charge in [0, 0.05) is 29.8 Å². The molecule has 1 aromatic heterocycles. The molecule has 0 spiro atoms. The van der Waals surface area contributed by atoms with Crippen molar-refractivity contribution in [3.05, 3.63) is 72.5 Å². The predicted octanol–water partition coefficient (Wildman–Crippen LogP) is 2.95. The second-order valence-corrected chi connectivity index (χ2v) is 15.1. The third-order valence-corrected chi connectivity index (χ3v) is 11.3. The molecule has 34 heavy (non-hydrogen) atoms. The summed E-state index contributed by atoms with van der Waals surface area (Å²) in [4.78, 5) is 36.8. The molecule has 2 heterocycles. The highest BCUT2D eigenvalue weighted by Crippen LogP contribution is 2.37. The fourth-order valence-electron chi connectivity index (χ4n) is 3.64. The van der Waals surface area contributed by atoms with Gasteiger partial charge in [-0.2, -0.15) is 0 Å². The van der Waals surface area contributed by atoms with E-state index in [9.17, 15) is 24.8 Å². The van der Waals surface area contributed by atoms with E-state index in [-0.39, 0.29) is 41.4 Å². The Hall–Kier alpha value is -2.60. The van der Waals surface area contributed by atoms with Crippen LogP contribution in [0.2, 0.25) is 18.1 Å². The normalized spacial score (nSPS) is 21.1. The van der Waals surface area contributed by atoms with Crippen LogP contribution in [-0.2, 0) is 15.7 Å². The number of benzene rings is 1. The number of aryl methyl sites for hydroxylation is 1. The van der Waals surface area contributed by atoms with Gasteiger partial charge in [0.2, 0.25) is 0 Å². The highest BCUT2D eigenvalue weighted by atomic mass is 28.4. The van der Waals surface area contributed by atoms with E-state index < -0.39 is 42.9 Å². The van der Waals surface area contributed by atoms with Gasteiger partial charge in [-0.1, -0.05) is 39.0 Å². The van der Waals surface area contributed by atoms with E-state index >= 15 is 0 Å². The summed E-state index contributed by atoms with van der Waals surface area (Å²) in [6, 6.07) is 5.99. The Morgan fingerprint density at radius 2 is 1.91 bits per heavy atom. The minimum absolute atomic E-state index is 0.000441. The quantitative estimate of drug-likeness (QED) is 0.358. The maximum absolute atomic E-state index is 13.2. The van der Waals surface area contributed by atoms with Crippen molar-refractivity contribution in [1.82, 2.24) is 9.13 Å². The third-order valence-electron chi connectivity index (χ3n) is 6.81. The molecule has 0 radical (unpaired) electrons. The van der Waals surface area contributed by atoms with E-state index in [2.05, 4.69) is 33.9 Å². The summed E-state index contributed by atoms with van der Waals surface area (Å²) in [5.74, 6) is 0. The summed E-state index contributed by atoms with van der Waals surface area (Å²) in [6.07, 6.45) is -0.657. The Morgan fingerprint density at radius 3 is 2.53 bits per heavy atom. The molecule has 0 amide bonds. The van der Waals surface area contributed by atoms with Crippen molar-refractivity contribution in [3.63, 3.8) is 0 Å². The van der Waals surface area contributed by atoms with Crippen LogP contribution in [-0.4, -0.2) is 46.3 Å². The van der Waals surface area contributed by atoms with Crippen LogP contribution >= 0.6 is 0 Å². The predicted molar refractivity (Wildman–Crippen MR) is 130 cm³/mol. The van der Waals surface area contributed by atoms with Gasteiger partial charge in [-0.25, -0.2) is 4.79 Å². The van der Waals surface area contributed by atoms with Gasteiger partial charge in [-0.15, -0.1) is 0 Å². The van der Waals surface area contributed by atoms with Crippen molar-refractivity contribution in [2.24, 2.45) is 0 Å². The molecule has 0 unspecified atom stereocenters. The fraction of sp³-hybridized carbons (Fsp3) is 0.565. The van der Waals surface area contributed by atoms with E-state index in [1.807, 2.05) is 0 Å². The number of nitro benzene ring substituents is 1. The summed E-state index contributed by atoms with van der Waals surface area (Å²) in [7, 11) is -2.06. The second-order valence-electron chi connectivity index (χ2n) is 10.3. The third kappa shape index (κ3) is 5.22. The molecule has 2 aromatic rings. The number of ether oxygens (including phenoxy) is 1. The molecule has 186 valence electrons. The number of aromatic nitrogens is 2. The van der Waals surface area contributed by atoms with Crippen LogP contribution in [0.4, 0.5) is 5.69 Å². The first-order chi connectivity index (χ1) is 15.7. The average molecular weight is 492 g/mol. The van der Waals surface area contributed by atoms with Crippen LogP contribution in [0, 0.1) is 17.0 Å². The van der Waals surface area contributed by atoms with Crippen LogP contribution in [0.1, 0.15) is 44.5 Å². The smallest absolute Gasteiger partial charge is 0.333 e. The standard InChI is InChI=1S/C23H33N3O7Si/c1-15-12-24(20-11-18(27)19(33-20)14-32-34(5,6)23(2,3)4)22(29)25(21(15)28)13-16-9-7-8-10-17(16)26(30)31/h7-10,12,18-20,27H,11,13-14H2,1-6H3/t18-,19-,20-/m1/s1. The van der Waals surface area contributed by atoms with Crippen molar-refractivity contribution in [2.75, 3.05) is 6.61 Å². The van der Waals surface area contributed by atoms with Gasteiger partial charge in [0.15, 0.2) is 8.32 Å². The molecular weight excluding hydrogens is 458 g/mol. The fourth-order valence-corrected chi connectivity index (χ4v) is 4.65. The van der Waals surface area contributed by atoms with E-state index in [4.69, 9.17) is 9.16 Å². The molecule has 0 bridgehead atoms. The van der Waals surface area contributed by atoms with Crippen LogP contribution in [0.15, 0.2) is 40.1 Å². The molecule has 1 fully saturated rings. The van der Waals surface area contributed by atoms with Crippen molar-refractivity contribution in [2.45, 2.75) is 77.2 Å². The van der Waals surface area contributed by atoms with Crippen LogP contribution < -0.4 is 11.2 Å². The van der Waals surface area contributed by atoms with E-state index in [1.54, 1.807) is 13.0 Å². The van der Waals surface area contributed by atoms with E-state index in [1.165, 1.54) is 29.0 Å². The van der Waals surface area contributed by atoms with Gasteiger partial charge in [-0.05, 0) is 25.1 Å². The first kappa shape index (κ1) is 26.0. The number of aliphatic hydroxyl groups excluding tert-OH is 1. The summed E-state index contributed by atoms with van der Waals surface area (Å²) in [6.45, 7) is 12.1. The second kappa shape index (κ2) is 9.57. The lowest BCUT2D eigenvalue weighted by molar-refractivity contribution is -0.385. The SMILES string of the molecule is Cc1cn([C@H]2C[C@@H](O)[C@@H](CO[Si](C)(C)C(C)(C)C)O2)c(=O)n(Cc2ccccc2[N+](=O)[O-])c1=O. The van der Waals surface area contributed by atoms with Crippen molar-refractivity contribution >= 4 is 14.0 Å². The zero-order valence-corrected chi connectivity index (χ0v) is 21.5. The zero-order chi connectivity index (χ0) is 25.4. The van der Waals surface area contributed by atoms with Crippen molar-refractivity contribution < 1.29 is 19.2 Å². The van der Waals surface area contributed by atoms with Gasteiger partial charge in [0.1, 0.15) is 12.3 Å². The van der Waals surface area contributed by atoms with E-state index in [0.717, 1.165) is 4.57 Å². The highest BCUT2D eigenvalue weighted by molar-refractivity contribution is 6.74. The summed E-state index contributed by atoms with van der Waals surface area (Å²) < 4.78 is 14.4. The molecule has 1 N–H and O–H groups in total. The Labute approximate surface area is 199 Å². The minimum atomic E-state index is -2.06. The highest BCUT2D eigenvalue weighted by Gasteiger charge is 2.41. The summed E-state index contributed by atoms with van der Waals surface area (Å²) in [5, 5.41) is 22.0. The molecule has 10 nitrogen and oxygen atoms in total. The molecule has 3 rings (SSSR count). The molecule has 3 atom stereocenters. The molecular formula is C23H33N3O7Si. The van der Waals surface area contributed by atoms with Crippen molar-refractivity contribution in [3.8, 4) is 0 Å². The Bertz CT molecular complexity index is 1180. The number of nitrogens with zero attached hydrogens (tertiary/aromatic N) is 3. The molecule has 1 aliphatic rings. The lowest BCUT2D eigenvalue weighted by Crippen LogP contribution is -2.44. The summed E-state index contributed by atoms with van der Waals surface area (Å²) >= 11 is 0. The van der Waals surface area contributed by atoms with Gasteiger partial charge in [-0.3, -0.25) is 24.0 Å². The average Bonchev–Trinajstić information content (AvgIpc) is 3.12. The molecule has 1 aromatic carbocycles. The topological polar surface area (TPSA) is 126 Å². The van der Waals surface area contributed by atoms with Crippen LogP contribution in [0.5, 0.6) is 0 Å². The number of rotatable bonds is 7. The number of hydrogen-bond acceptors (Lipinski definition) is 7. The molecule has 0 saturated carbocycles. The Morgan fingerprint density at radius 1 is 1.26 bits per heavy atom. The zero-order valence-electron chi connectivity index (χ0n) is 20.5. The van der Waals surface area contributed by atoms with Gasteiger partial charge in [0.25, 0.3) is 11.2 Å². The lowest BCUT2D eigenvalue weighted by atomic mass is 10.1. The van der Waals surface area contributed by atoms with Crippen molar-refractivity contribution in [1.29, 1.82) is 0 Å². The molecule has 11 heteroatoms. The van der Waals surface area contributed by atoms with Gasteiger partial charge in [0.05, 0.1) is 24.2 Å². The van der Waals surface area contributed by atoms with Gasteiger partial charge < -0.3 is 14.3 Å².